The molecule has 21 heavy (non-hydrogen) atoms. The summed E-state index contributed by atoms with van der Waals surface area (Å²) in [6.07, 6.45) is 0.560. The normalized spacial score (nSPS) is 10.2. The van der Waals surface area contributed by atoms with Gasteiger partial charge in [-0.3, -0.25) is 9.59 Å². The van der Waals surface area contributed by atoms with Crippen LogP contribution in [0.1, 0.15) is 23.2 Å². The number of methoxy groups -OCH3 is 2. The molecule has 1 aromatic rings. The van der Waals surface area contributed by atoms with Gasteiger partial charge in [-0.05, 0) is 18.6 Å². The number of amides is 1. The number of aliphatic carboxylic acids is 1. The Balaban J connectivity index is 2.84. The maximum Gasteiger partial charge on any atom is 0.305 e. The smallest absolute Gasteiger partial charge is 0.305 e. The second-order valence-electron chi connectivity index (χ2n) is 4.48. The highest BCUT2D eigenvalue weighted by Crippen LogP contribution is 2.19. The number of carbonyl (C=O) groups excluding carboxylic acids is 1. The third-order valence-electron chi connectivity index (χ3n) is 3.00. The van der Waals surface area contributed by atoms with Crippen molar-refractivity contribution in [3.8, 4) is 5.75 Å². The van der Waals surface area contributed by atoms with Crippen molar-refractivity contribution >= 4 is 11.9 Å². The number of hydrogen-bond donors (Lipinski definition) is 1. The lowest BCUT2D eigenvalue weighted by molar-refractivity contribution is -0.137. The summed E-state index contributed by atoms with van der Waals surface area (Å²) in [7, 11) is 3.09. The summed E-state index contributed by atoms with van der Waals surface area (Å²) in [6, 6.07) is 6.91. The molecule has 0 spiro atoms. The summed E-state index contributed by atoms with van der Waals surface area (Å²) in [5, 5.41) is 8.80. The van der Waals surface area contributed by atoms with Crippen LogP contribution in [0.15, 0.2) is 24.3 Å². The molecule has 0 unspecified atom stereocenters. The molecule has 0 aliphatic carbocycles. The first kappa shape index (κ1) is 17.0. The minimum absolute atomic E-state index is 0.0894. The Morgan fingerprint density at radius 3 is 2.52 bits per heavy atom. The van der Waals surface area contributed by atoms with Crippen LogP contribution in [0.2, 0.25) is 0 Å². The van der Waals surface area contributed by atoms with Crippen LogP contribution in [0.25, 0.3) is 0 Å². The Hall–Kier alpha value is -2.08. The van der Waals surface area contributed by atoms with Gasteiger partial charge in [0, 0.05) is 26.8 Å². The molecule has 6 nitrogen and oxygen atoms in total. The largest absolute Gasteiger partial charge is 0.496 e. The molecule has 0 aliphatic heterocycles. The number of carbonyl (C=O) groups is 2. The maximum atomic E-state index is 12.5. The zero-order valence-electron chi connectivity index (χ0n) is 12.4. The second-order valence-corrected chi connectivity index (χ2v) is 4.48. The van der Waals surface area contributed by atoms with Crippen molar-refractivity contribution in [1.82, 2.24) is 4.90 Å². The van der Waals surface area contributed by atoms with E-state index >= 15 is 0 Å². The maximum absolute atomic E-state index is 12.5. The van der Waals surface area contributed by atoms with Gasteiger partial charge in [-0.2, -0.15) is 0 Å². The van der Waals surface area contributed by atoms with Gasteiger partial charge in [0.15, 0.2) is 0 Å². The van der Waals surface area contributed by atoms with E-state index in [2.05, 4.69) is 0 Å². The number of carboxylic acids is 1. The zero-order chi connectivity index (χ0) is 15.7. The Morgan fingerprint density at radius 2 is 1.90 bits per heavy atom. The highest BCUT2D eigenvalue weighted by atomic mass is 16.5. The third kappa shape index (κ3) is 5.43. The van der Waals surface area contributed by atoms with E-state index < -0.39 is 5.97 Å². The van der Waals surface area contributed by atoms with Gasteiger partial charge in [0.25, 0.3) is 5.91 Å². The van der Waals surface area contributed by atoms with Gasteiger partial charge in [-0.1, -0.05) is 12.1 Å². The lowest BCUT2D eigenvalue weighted by Crippen LogP contribution is -2.34. The molecule has 1 rings (SSSR count). The summed E-state index contributed by atoms with van der Waals surface area (Å²) >= 11 is 0. The van der Waals surface area contributed by atoms with E-state index in [4.69, 9.17) is 14.6 Å². The Morgan fingerprint density at radius 1 is 1.19 bits per heavy atom. The van der Waals surface area contributed by atoms with E-state index in [1.165, 1.54) is 12.0 Å². The first-order valence-corrected chi connectivity index (χ1v) is 6.73. The number of carboxylic acid groups (broad SMARTS) is 1. The minimum Gasteiger partial charge on any atom is -0.496 e. The third-order valence-corrected chi connectivity index (χ3v) is 3.00. The molecule has 0 saturated carbocycles. The average molecular weight is 295 g/mol. The molecule has 0 aliphatic rings. The van der Waals surface area contributed by atoms with Crippen LogP contribution >= 0.6 is 0 Å². The molecule has 6 heteroatoms. The van der Waals surface area contributed by atoms with Crippen molar-refractivity contribution in [2.75, 3.05) is 33.9 Å². The average Bonchev–Trinajstić information content (AvgIpc) is 2.49. The molecule has 116 valence electrons. The van der Waals surface area contributed by atoms with Crippen LogP contribution in [0.3, 0.4) is 0 Å². The quantitative estimate of drug-likeness (QED) is 0.701. The SMILES string of the molecule is COCCCN(CCC(=O)O)C(=O)c1ccccc1OC. The Bertz CT molecular complexity index is 475. The fourth-order valence-corrected chi connectivity index (χ4v) is 1.94. The lowest BCUT2D eigenvalue weighted by Gasteiger charge is -2.23. The standard InChI is InChI=1S/C15H21NO5/c1-20-11-5-9-16(10-8-14(17)18)15(19)12-6-3-4-7-13(12)21-2/h3-4,6-7H,5,8-11H2,1-2H3,(H,17,18). The van der Waals surface area contributed by atoms with E-state index in [1.807, 2.05) is 0 Å². The summed E-state index contributed by atoms with van der Waals surface area (Å²) in [4.78, 5) is 24.8. The highest BCUT2D eigenvalue weighted by Gasteiger charge is 2.19. The molecule has 0 radical (unpaired) electrons. The number of nitrogens with zero attached hydrogens (tertiary/aromatic N) is 1. The molecule has 0 aromatic heterocycles. The van der Waals surface area contributed by atoms with Gasteiger partial charge in [0.1, 0.15) is 5.75 Å². The van der Waals surface area contributed by atoms with Gasteiger partial charge in [0.2, 0.25) is 0 Å². The monoisotopic (exact) mass is 295 g/mol. The molecular weight excluding hydrogens is 274 g/mol. The predicted octanol–water partition coefficient (Wildman–Crippen LogP) is 1.65. The Labute approximate surface area is 124 Å². The fourth-order valence-electron chi connectivity index (χ4n) is 1.94. The molecule has 1 N–H and O–H groups in total. The van der Waals surface area contributed by atoms with Gasteiger partial charge >= 0.3 is 5.97 Å². The minimum atomic E-state index is -0.931. The predicted molar refractivity (Wildman–Crippen MR) is 77.6 cm³/mol. The van der Waals surface area contributed by atoms with Crippen molar-refractivity contribution in [1.29, 1.82) is 0 Å². The van der Waals surface area contributed by atoms with Gasteiger partial charge in [-0.15, -0.1) is 0 Å². The second kappa shape index (κ2) is 8.97. The van der Waals surface area contributed by atoms with Crippen LogP contribution in [0, 0.1) is 0 Å². The van der Waals surface area contributed by atoms with Crippen molar-refractivity contribution in [3.63, 3.8) is 0 Å². The summed E-state index contributed by atoms with van der Waals surface area (Å²) in [5.74, 6) is -0.682. The fraction of sp³-hybridized carbons (Fsp3) is 0.467. The molecule has 0 bridgehead atoms. The van der Waals surface area contributed by atoms with E-state index in [9.17, 15) is 9.59 Å². The molecule has 0 fully saturated rings. The van der Waals surface area contributed by atoms with E-state index in [1.54, 1.807) is 31.4 Å². The molecule has 1 amide bonds. The Kier molecular flexibility index (Phi) is 7.25. The topological polar surface area (TPSA) is 76.1 Å². The van der Waals surface area contributed by atoms with Crippen LogP contribution in [-0.2, 0) is 9.53 Å². The van der Waals surface area contributed by atoms with Crippen molar-refractivity contribution < 1.29 is 24.2 Å². The van der Waals surface area contributed by atoms with Crippen LogP contribution in [-0.4, -0.2) is 55.8 Å². The number of para-hydroxylation sites is 1. The van der Waals surface area contributed by atoms with E-state index in [0.29, 0.717) is 30.9 Å². The summed E-state index contributed by atoms with van der Waals surface area (Å²) in [6.45, 7) is 1.12. The van der Waals surface area contributed by atoms with Crippen molar-refractivity contribution in [3.05, 3.63) is 29.8 Å². The molecular formula is C15H21NO5. The lowest BCUT2D eigenvalue weighted by atomic mass is 10.1. The summed E-state index contributed by atoms with van der Waals surface area (Å²) in [5.41, 5.74) is 0.433. The van der Waals surface area contributed by atoms with Crippen molar-refractivity contribution in [2.45, 2.75) is 12.8 Å². The van der Waals surface area contributed by atoms with Crippen LogP contribution in [0.4, 0.5) is 0 Å². The van der Waals surface area contributed by atoms with Gasteiger partial charge in [0.05, 0.1) is 19.1 Å². The first-order valence-electron chi connectivity index (χ1n) is 6.73. The highest BCUT2D eigenvalue weighted by molar-refractivity contribution is 5.97. The van der Waals surface area contributed by atoms with Gasteiger partial charge < -0.3 is 19.5 Å². The van der Waals surface area contributed by atoms with Gasteiger partial charge in [-0.25, -0.2) is 0 Å². The van der Waals surface area contributed by atoms with E-state index in [-0.39, 0.29) is 18.9 Å². The van der Waals surface area contributed by atoms with E-state index in [0.717, 1.165) is 0 Å². The number of benzene rings is 1. The number of rotatable bonds is 9. The summed E-state index contributed by atoms with van der Waals surface area (Å²) < 4.78 is 10.1. The molecule has 0 saturated heterocycles. The van der Waals surface area contributed by atoms with Crippen molar-refractivity contribution in [2.24, 2.45) is 0 Å². The number of ether oxygens (including phenoxy) is 2. The van der Waals surface area contributed by atoms with Crippen LogP contribution in [0.5, 0.6) is 5.75 Å². The molecule has 0 atom stereocenters. The molecule has 1 aromatic carbocycles. The zero-order valence-corrected chi connectivity index (χ0v) is 12.4. The first-order chi connectivity index (χ1) is 10.1. The molecule has 0 heterocycles. The van der Waals surface area contributed by atoms with Crippen LogP contribution < -0.4 is 4.74 Å². The number of hydrogen-bond acceptors (Lipinski definition) is 4.